The molecule has 0 amide bonds. The van der Waals surface area contributed by atoms with Gasteiger partial charge in [0.15, 0.2) is 0 Å². The Morgan fingerprint density at radius 3 is 2.45 bits per heavy atom. The average molecular weight is 280 g/mol. The van der Waals surface area contributed by atoms with E-state index >= 15 is 0 Å². The Hall–Kier alpha value is -0.610. The summed E-state index contributed by atoms with van der Waals surface area (Å²) in [6, 6.07) is 2.13. The number of aliphatic carboxylic acids is 1. The Balaban J connectivity index is 1.50. The van der Waals surface area contributed by atoms with Crippen LogP contribution in [0.15, 0.2) is 0 Å². The number of rotatable bonds is 4. The van der Waals surface area contributed by atoms with Crippen LogP contribution in [0.4, 0.5) is 0 Å². The van der Waals surface area contributed by atoms with E-state index in [1.54, 1.807) is 0 Å². The van der Waals surface area contributed by atoms with Crippen LogP contribution in [0, 0.1) is 11.8 Å². The zero-order valence-electron chi connectivity index (χ0n) is 12.6. The molecule has 1 aliphatic carbocycles. The summed E-state index contributed by atoms with van der Waals surface area (Å²) in [5.41, 5.74) is 0. The molecule has 0 aromatic carbocycles. The van der Waals surface area contributed by atoms with E-state index in [1.165, 1.54) is 32.1 Å². The van der Waals surface area contributed by atoms with Crippen LogP contribution in [0.5, 0.6) is 0 Å². The van der Waals surface area contributed by atoms with Crippen LogP contribution < -0.4 is 5.32 Å². The largest absolute Gasteiger partial charge is 0.481 e. The van der Waals surface area contributed by atoms with Gasteiger partial charge in [-0.1, -0.05) is 12.8 Å². The summed E-state index contributed by atoms with van der Waals surface area (Å²) in [6.45, 7) is 0.908. The maximum atomic E-state index is 11.3. The summed E-state index contributed by atoms with van der Waals surface area (Å²) in [7, 11) is 2.26. The quantitative estimate of drug-likeness (QED) is 0.828. The molecule has 3 fully saturated rings. The minimum atomic E-state index is -0.583. The third-order valence-electron chi connectivity index (χ3n) is 5.99. The van der Waals surface area contributed by atoms with E-state index in [4.69, 9.17) is 0 Å². The third-order valence-corrected chi connectivity index (χ3v) is 5.99. The molecule has 3 aliphatic rings. The van der Waals surface area contributed by atoms with E-state index in [9.17, 15) is 9.90 Å². The van der Waals surface area contributed by atoms with Crippen LogP contribution in [0.3, 0.4) is 0 Å². The highest BCUT2D eigenvalue weighted by Gasteiger charge is 2.39. The number of piperidine rings is 1. The van der Waals surface area contributed by atoms with Crippen molar-refractivity contribution < 1.29 is 9.90 Å². The van der Waals surface area contributed by atoms with Gasteiger partial charge in [-0.05, 0) is 58.0 Å². The number of nitrogens with zero attached hydrogens (tertiary/aromatic N) is 1. The highest BCUT2D eigenvalue weighted by molar-refractivity contribution is 5.70. The second-order valence-electron chi connectivity index (χ2n) is 7.12. The number of fused-ring (bicyclic) bond motifs is 2. The average Bonchev–Trinajstić information content (AvgIpc) is 2.66. The molecule has 2 bridgehead atoms. The van der Waals surface area contributed by atoms with Crippen molar-refractivity contribution in [3.05, 3.63) is 0 Å². The molecule has 4 nitrogen and oxygen atoms in total. The molecule has 4 heteroatoms. The molecule has 0 aromatic rings. The van der Waals surface area contributed by atoms with Crippen molar-refractivity contribution in [2.24, 2.45) is 11.8 Å². The fourth-order valence-electron chi connectivity index (χ4n) is 4.67. The van der Waals surface area contributed by atoms with Gasteiger partial charge in [0.25, 0.3) is 0 Å². The summed E-state index contributed by atoms with van der Waals surface area (Å²) >= 11 is 0. The van der Waals surface area contributed by atoms with Gasteiger partial charge in [-0.2, -0.15) is 0 Å². The van der Waals surface area contributed by atoms with Crippen LogP contribution >= 0.6 is 0 Å². The number of carbonyl (C=O) groups is 1. The number of carboxylic acid groups (broad SMARTS) is 1. The van der Waals surface area contributed by atoms with Crippen molar-refractivity contribution in [1.82, 2.24) is 10.2 Å². The van der Waals surface area contributed by atoms with E-state index in [0.717, 1.165) is 37.9 Å². The summed E-state index contributed by atoms with van der Waals surface area (Å²) < 4.78 is 0. The van der Waals surface area contributed by atoms with Crippen molar-refractivity contribution >= 4 is 5.97 Å². The molecule has 2 heterocycles. The summed E-state index contributed by atoms with van der Waals surface area (Å²) in [5.74, 6) is -0.349. The first-order valence-corrected chi connectivity index (χ1v) is 8.33. The first-order valence-electron chi connectivity index (χ1n) is 8.33. The fraction of sp³-hybridized carbons (Fsp3) is 0.938. The summed E-state index contributed by atoms with van der Waals surface area (Å²) in [5, 5.41) is 13.0. The second-order valence-corrected chi connectivity index (χ2v) is 7.12. The minimum absolute atomic E-state index is 0.112. The zero-order chi connectivity index (χ0) is 14.1. The molecule has 0 radical (unpaired) electrons. The lowest BCUT2D eigenvalue weighted by atomic mass is 9.79. The normalized spacial score (nSPS) is 41.8. The molecule has 3 rings (SSSR count). The van der Waals surface area contributed by atoms with Gasteiger partial charge < -0.3 is 15.3 Å². The molecular formula is C16H28N2O2. The van der Waals surface area contributed by atoms with Gasteiger partial charge in [0.2, 0.25) is 0 Å². The number of nitrogens with one attached hydrogen (secondary N) is 1. The molecule has 2 N–H and O–H groups in total. The number of hydrogen-bond acceptors (Lipinski definition) is 3. The molecule has 1 saturated carbocycles. The molecule has 2 aliphatic heterocycles. The Bertz CT molecular complexity index is 346. The maximum Gasteiger partial charge on any atom is 0.306 e. The van der Waals surface area contributed by atoms with E-state index in [-0.39, 0.29) is 5.92 Å². The lowest BCUT2D eigenvalue weighted by Crippen LogP contribution is -2.49. The molecule has 0 spiro atoms. The van der Waals surface area contributed by atoms with Crippen LogP contribution in [0.1, 0.15) is 51.4 Å². The van der Waals surface area contributed by atoms with Gasteiger partial charge in [0, 0.05) is 18.1 Å². The predicted molar refractivity (Wildman–Crippen MR) is 78.7 cm³/mol. The maximum absolute atomic E-state index is 11.3. The summed E-state index contributed by atoms with van der Waals surface area (Å²) in [4.78, 5) is 13.9. The van der Waals surface area contributed by atoms with Crippen LogP contribution in [-0.2, 0) is 4.79 Å². The molecular weight excluding hydrogens is 252 g/mol. The monoisotopic (exact) mass is 280 g/mol. The van der Waals surface area contributed by atoms with Gasteiger partial charge >= 0.3 is 5.97 Å². The van der Waals surface area contributed by atoms with Gasteiger partial charge in [-0.25, -0.2) is 0 Å². The minimum Gasteiger partial charge on any atom is -0.481 e. The highest BCUT2D eigenvalue weighted by Crippen LogP contribution is 2.35. The first-order chi connectivity index (χ1) is 9.65. The van der Waals surface area contributed by atoms with Crippen molar-refractivity contribution in [1.29, 1.82) is 0 Å². The van der Waals surface area contributed by atoms with Crippen molar-refractivity contribution in [3.63, 3.8) is 0 Å². The molecule has 4 atom stereocenters. The Morgan fingerprint density at radius 1 is 1.15 bits per heavy atom. The van der Waals surface area contributed by atoms with Gasteiger partial charge in [-0.15, -0.1) is 0 Å². The molecule has 0 aromatic heterocycles. The molecule has 4 unspecified atom stereocenters. The SMILES string of the molecule is CN1C2CCC1CC(NCC1CCCCC1C(=O)O)C2. The van der Waals surface area contributed by atoms with Gasteiger partial charge in [0.05, 0.1) is 5.92 Å². The highest BCUT2D eigenvalue weighted by atomic mass is 16.4. The predicted octanol–water partition coefficient (Wildman–Crippen LogP) is 2.09. The van der Waals surface area contributed by atoms with Crippen LogP contribution in [-0.4, -0.2) is 47.7 Å². The van der Waals surface area contributed by atoms with Crippen molar-refractivity contribution in [3.8, 4) is 0 Å². The third kappa shape index (κ3) is 2.86. The Morgan fingerprint density at radius 2 is 1.80 bits per heavy atom. The smallest absolute Gasteiger partial charge is 0.306 e. The van der Waals surface area contributed by atoms with Gasteiger partial charge in [0.1, 0.15) is 0 Å². The standard InChI is InChI=1S/C16H28N2O2/c1-18-13-6-7-14(18)9-12(8-13)17-10-11-4-2-3-5-15(11)16(19)20/h11-15,17H,2-10H2,1H3,(H,19,20). The van der Waals surface area contributed by atoms with Crippen LogP contribution in [0.2, 0.25) is 0 Å². The zero-order valence-corrected chi connectivity index (χ0v) is 12.6. The number of carboxylic acids is 1. The van der Waals surface area contributed by atoms with E-state index in [2.05, 4.69) is 17.3 Å². The van der Waals surface area contributed by atoms with E-state index in [1.807, 2.05) is 0 Å². The lowest BCUT2D eigenvalue weighted by molar-refractivity contribution is -0.144. The molecule has 114 valence electrons. The van der Waals surface area contributed by atoms with Gasteiger partial charge in [-0.3, -0.25) is 4.79 Å². The van der Waals surface area contributed by atoms with Crippen LogP contribution in [0.25, 0.3) is 0 Å². The summed E-state index contributed by atoms with van der Waals surface area (Å²) in [6.07, 6.45) is 9.44. The topological polar surface area (TPSA) is 52.6 Å². The Kier molecular flexibility index (Phi) is 4.32. The second kappa shape index (κ2) is 6.02. The number of hydrogen-bond donors (Lipinski definition) is 2. The lowest BCUT2D eigenvalue weighted by Gasteiger charge is -2.38. The van der Waals surface area contributed by atoms with E-state index in [0.29, 0.717) is 12.0 Å². The molecule has 20 heavy (non-hydrogen) atoms. The first kappa shape index (κ1) is 14.3. The molecule has 2 saturated heterocycles. The van der Waals surface area contributed by atoms with E-state index < -0.39 is 5.97 Å². The Labute approximate surface area is 121 Å². The fourth-order valence-corrected chi connectivity index (χ4v) is 4.67. The van der Waals surface area contributed by atoms with Crippen molar-refractivity contribution in [2.75, 3.05) is 13.6 Å². The van der Waals surface area contributed by atoms with Crippen molar-refractivity contribution in [2.45, 2.75) is 69.5 Å².